The molecule has 0 aliphatic rings. The van der Waals surface area contributed by atoms with Crippen LogP contribution in [0.1, 0.15) is 33.3 Å². The molecule has 1 aromatic heterocycles. The van der Waals surface area contributed by atoms with E-state index in [-0.39, 0.29) is 0 Å². The minimum atomic E-state index is 0.551. The average molecular weight is 188 g/mol. The fourth-order valence-electron chi connectivity index (χ4n) is 0.450. The normalized spacial score (nSPS) is 7.17. The number of halogens is 1. The summed E-state index contributed by atoms with van der Waals surface area (Å²) in [6.07, 6.45) is 1.74. The summed E-state index contributed by atoms with van der Waals surface area (Å²) in [5.41, 5.74) is 1.13. The summed E-state index contributed by atoms with van der Waals surface area (Å²) in [5, 5.41) is 0.551. The minimum Gasteiger partial charge on any atom is -0.244 e. The molecule has 0 aliphatic heterocycles. The van der Waals surface area contributed by atoms with E-state index in [1.807, 2.05) is 40.7 Å². The fraction of sp³-hybridized carbons (Fsp3) is 0.500. The molecular formula is C10H18ClN. The summed E-state index contributed by atoms with van der Waals surface area (Å²) in [5.74, 6) is 0. The molecule has 1 rings (SSSR count). The second-order valence-electron chi connectivity index (χ2n) is 1.66. The summed E-state index contributed by atoms with van der Waals surface area (Å²) >= 11 is 5.50. The van der Waals surface area contributed by atoms with Crippen molar-refractivity contribution < 1.29 is 0 Å². The Morgan fingerprint density at radius 1 is 1.08 bits per heavy atom. The van der Waals surface area contributed by atoms with Crippen LogP contribution in [0.2, 0.25) is 5.15 Å². The molecule has 1 heterocycles. The second-order valence-corrected chi connectivity index (χ2v) is 2.05. The van der Waals surface area contributed by atoms with Crippen molar-refractivity contribution in [3.8, 4) is 0 Å². The molecule has 0 saturated carbocycles. The lowest BCUT2D eigenvalue weighted by Crippen LogP contribution is -1.73. The maximum atomic E-state index is 5.50. The maximum Gasteiger partial charge on any atom is 0.129 e. The molecule has 12 heavy (non-hydrogen) atoms. The standard InChI is InChI=1S/C6H6ClN.2C2H6/c1-5-2-3-6(7)8-4-5;2*1-2/h2-4H,1H3;2*1-2H3. The van der Waals surface area contributed by atoms with Gasteiger partial charge in [0.05, 0.1) is 0 Å². The van der Waals surface area contributed by atoms with Crippen LogP contribution in [0.25, 0.3) is 0 Å². The van der Waals surface area contributed by atoms with Gasteiger partial charge in [-0.1, -0.05) is 45.4 Å². The van der Waals surface area contributed by atoms with E-state index in [9.17, 15) is 0 Å². The van der Waals surface area contributed by atoms with Crippen LogP contribution in [0.15, 0.2) is 18.3 Å². The van der Waals surface area contributed by atoms with Crippen molar-refractivity contribution in [3.63, 3.8) is 0 Å². The summed E-state index contributed by atoms with van der Waals surface area (Å²) in [6, 6.07) is 3.70. The van der Waals surface area contributed by atoms with Gasteiger partial charge in [0.25, 0.3) is 0 Å². The van der Waals surface area contributed by atoms with Crippen molar-refractivity contribution in [2.75, 3.05) is 0 Å². The van der Waals surface area contributed by atoms with E-state index in [0.717, 1.165) is 5.56 Å². The molecule has 1 aromatic rings. The van der Waals surface area contributed by atoms with Gasteiger partial charge in [0.15, 0.2) is 0 Å². The number of pyridine rings is 1. The van der Waals surface area contributed by atoms with Crippen LogP contribution in [0.5, 0.6) is 0 Å². The van der Waals surface area contributed by atoms with Gasteiger partial charge >= 0.3 is 0 Å². The van der Waals surface area contributed by atoms with Gasteiger partial charge in [-0.15, -0.1) is 0 Å². The molecule has 0 saturated heterocycles. The van der Waals surface area contributed by atoms with Gasteiger partial charge in [-0.2, -0.15) is 0 Å². The Morgan fingerprint density at radius 2 is 1.58 bits per heavy atom. The van der Waals surface area contributed by atoms with E-state index < -0.39 is 0 Å². The van der Waals surface area contributed by atoms with E-state index in [0.29, 0.717) is 5.15 Å². The quantitative estimate of drug-likeness (QED) is 0.558. The zero-order valence-corrected chi connectivity index (χ0v) is 9.31. The molecule has 0 aromatic carbocycles. The zero-order valence-electron chi connectivity index (χ0n) is 8.56. The fourth-order valence-corrected chi connectivity index (χ4v) is 0.562. The first kappa shape index (κ1) is 14.0. The third-order valence-electron chi connectivity index (χ3n) is 0.875. The molecule has 70 valence electrons. The van der Waals surface area contributed by atoms with E-state index in [4.69, 9.17) is 11.6 Å². The first-order valence-electron chi connectivity index (χ1n) is 4.37. The van der Waals surface area contributed by atoms with Crippen molar-refractivity contribution in [3.05, 3.63) is 29.0 Å². The van der Waals surface area contributed by atoms with Gasteiger partial charge in [-0.25, -0.2) is 4.98 Å². The van der Waals surface area contributed by atoms with Crippen molar-refractivity contribution in [1.29, 1.82) is 0 Å². The Bertz CT molecular complexity index is 149. The van der Waals surface area contributed by atoms with E-state index in [2.05, 4.69) is 4.98 Å². The molecule has 0 N–H and O–H groups in total. The highest BCUT2D eigenvalue weighted by Crippen LogP contribution is 2.02. The molecule has 0 fully saturated rings. The van der Waals surface area contributed by atoms with Crippen LogP contribution in [-0.4, -0.2) is 4.98 Å². The minimum absolute atomic E-state index is 0.551. The molecule has 0 amide bonds. The van der Waals surface area contributed by atoms with Crippen LogP contribution >= 0.6 is 11.6 Å². The highest BCUT2D eigenvalue weighted by molar-refractivity contribution is 6.29. The summed E-state index contributed by atoms with van der Waals surface area (Å²) in [7, 11) is 0. The van der Waals surface area contributed by atoms with Gasteiger partial charge < -0.3 is 0 Å². The second kappa shape index (κ2) is 10.4. The smallest absolute Gasteiger partial charge is 0.129 e. The van der Waals surface area contributed by atoms with Crippen molar-refractivity contribution in [2.45, 2.75) is 34.6 Å². The number of nitrogens with zero attached hydrogens (tertiary/aromatic N) is 1. The largest absolute Gasteiger partial charge is 0.244 e. The van der Waals surface area contributed by atoms with Crippen LogP contribution in [-0.2, 0) is 0 Å². The predicted molar refractivity (Wildman–Crippen MR) is 56.7 cm³/mol. The Morgan fingerprint density at radius 3 is 1.83 bits per heavy atom. The summed E-state index contributed by atoms with van der Waals surface area (Å²) < 4.78 is 0. The Balaban J connectivity index is 0. The van der Waals surface area contributed by atoms with E-state index in [1.165, 1.54) is 0 Å². The molecule has 1 nitrogen and oxygen atoms in total. The number of hydrogen-bond acceptors (Lipinski definition) is 1. The average Bonchev–Trinajstić information content (AvgIpc) is 2.17. The molecule has 0 aliphatic carbocycles. The Kier molecular flexibility index (Phi) is 12.2. The molecule has 0 unspecified atom stereocenters. The number of rotatable bonds is 0. The van der Waals surface area contributed by atoms with Gasteiger partial charge in [0, 0.05) is 6.20 Å². The molecule has 0 radical (unpaired) electrons. The third kappa shape index (κ3) is 7.55. The van der Waals surface area contributed by atoms with Crippen LogP contribution in [0.4, 0.5) is 0 Å². The van der Waals surface area contributed by atoms with Crippen LogP contribution in [0, 0.1) is 6.92 Å². The maximum absolute atomic E-state index is 5.50. The number of aromatic nitrogens is 1. The SMILES string of the molecule is CC.CC.Cc1ccc(Cl)nc1. The van der Waals surface area contributed by atoms with E-state index >= 15 is 0 Å². The third-order valence-corrected chi connectivity index (χ3v) is 1.10. The molecule has 0 spiro atoms. The van der Waals surface area contributed by atoms with E-state index in [1.54, 1.807) is 12.3 Å². The molecule has 2 heteroatoms. The van der Waals surface area contributed by atoms with Gasteiger partial charge in [-0.3, -0.25) is 0 Å². The van der Waals surface area contributed by atoms with Crippen molar-refractivity contribution >= 4 is 11.6 Å². The Hall–Kier alpha value is -0.560. The highest BCUT2D eigenvalue weighted by atomic mass is 35.5. The number of hydrogen-bond donors (Lipinski definition) is 0. The lowest BCUT2D eigenvalue weighted by Gasteiger charge is -1.87. The zero-order chi connectivity index (χ0) is 9.98. The van der Waals surface area contributed by atoms with Gasteiger partial charge in [0.2, 0.25) is 0 Å². The molecule has 0 bridgehead atoms. The monoisotopic (exact) mass is 187 g/mol. The lowest BCUT2D eigenvalue weighted by molar-refractivity contribution is 1.27. The van der Waals surface area contributed by atoms with Gasteiger partial charge in [0.1, 0.15) is 5.15 Å². The first-order chi connectivity index (χ1) is 5.79. The van der Waals surface area contributed by atoms with Crippen LogP contribution < -0.4 is 0 Å². The van der Waals surface area contributed by atoms with Crippen LogP contribution in [0.3, 0.4) is 0 Å². The Labute approximate surface area is 80.8 Å². The molecular weight excluding hydrogens is 170 g/mol. The molecule has 0 atom stereocenters. The van der Waals surface area contributed by atoms with Gasteiger partial charge in [-0.05, 0) is 18.6 Å². The predicted octanol–water partition coefficient (Wildman–Crippen LogP) is 4.10. The topological polar surface area (TPSA) is 12.9 Å². The van der Waals surface area contributed by atoms with Crippen molar-refractivity contribution in [2.24, 2.45) is 0 Å². The highest BCUT2D eigenvalue weighted by Gasteiger charge is 1.83. The summed E-state index contributed by atoms with van der Waals surface area (Å²) in [4.78, 5) is 3.84. The lowest BCUT2D eigenvalue weighted by atomic mass is 10.3. The number of aryl methyl sites for hydroxylation is 1. The first-order valence-corrected chi connectivity index (χ1v) is 4.75. The summed E-state index contributed by atoms with van der Waals surface area (Å²) in [6.45, 7) is 9.98. The van der Waals surface area contributed by atoms with Crippen molar-refractivity contribution in [1.82, 2.24) is 4.98 Å².